The highest BCUT2D eigenvalue weighted by Crippen LogP contribution is 2.12. The van der Waals surface area contributed by atoms with Gasteiger partial charge in [0, 0.05) is 12.8 Å². The summed E-state index contributed by atoms with van der Waals surface area (Å²) in [5, 5.41) is 18.9. The van der Waals surface area contributed by atoms with Crippen molar-refractivity contribution >= 4 is 11.6 Å². The van der Waals surface area contributed by atoms with E-state index in [0.717, 1.165) is 0 Å². The Bertz CT molecular complexity index is 585. The van der Waals surface area contributed by atoms with Gasteiger partial charge in [-0.3, -0.25) is 4.79 Å². The summed E-state index contributed by atoms with van der Waals surface area (Å²) in [7, 11) is 0. The molecule has 2 rings (SSSR count). The van der Waals surface area contributed by atoms with E-state index in [0.29, 0.717) is 18.5 Å². The molecule has 0 aliphatic carbocycles. The first-order valence-electron chi connectivity index (χ1n) is 6.23. The molecule has 7 heteroatoms. The van der Waals surface area contributed by atoms with Crippen LogP contribution in [0.15, 0.2) is 30.5 Å². The summed E-state index contributed by atoms with van der Waals surface area (Å²) in [6, 6.07) is 5.95. The Morgan fingerprint density at radius 3 is 2.95 bits per heavy atom. The Labute approximate surface area is 115 Å². The van der Waals surface area contributed by atoms with Gasteiger partial charge < -0.3 is 10.4 Å². The zero-order valence-electron chi connectivity index (χ0n) is 10.8. The maximum absolute atomic E-state index is 13.4. The van der Waals surface area contributed by atoms with E-state index in [1.807, 2.05) is 0 Å². The van der Waals surface area contributed by atoms with Crippen LogP contribution in [0.2, 0.25) is 0 Å². The van der Waals surface area contributed by atoms with Gasteiger partial charge in [0.15, 0.2) is 0 Å². The fraction of sp³-hybridized carbons (Fsp3) is 0.308. The molecule has 0 spiro atoms. The summed E-state index contributed by atoms with van der Waals surface area (Å²) in [6.07, 6.45) is 2.84. The van der Waals surface area contributed by atoms with Crippen LogP contribution in [-0.2, 0) is 17.8 Å². The van der Waals surface area contributed by atoms with Crippen molar-refractivity contribution in [3.8, 4) is 0 Å². The normalized spacial score (nSPS) is 10.5. The molecule has 0 saturated heterocycles. The number of carbonyl (C=O) groups excluding carboxylic acids is 1. The quantitative estimate of drug-likeness (QED) is 0.825. The van der Waals surface area contributed by atoms with Gasteiger partial charge in [0.1, 0.15) is 12.4 Å². The van der Waals surface area contributed by atoms with E-state index in [1.54, 1.807) is 18.3 Å². The summed E-state index contributed by atoms with van der Waals surface area (Å²) in [5.74, 6) is -0.864. The summed E-state index contributed by atoms with van der Waals surface area (Å²) >= 11 is 0. The van der Waals surface area contributed by atoms with Crippen LogP contribution in [0.4, 0.5) is 10.1 Å². The standard InChI is InChI=1S/C13H15FN4O2/c14-11-5-1-2-6-12(11)15-13(20)9-18-8-10(16-17-18)4-3-7-19/h1-2,5-6,8,19H,3-4,7,9H2,(H,15,20). The number of rotatable bonds is 6. The zero-order valence-corrected chi connectivity index (χ0v) is 10.8. The maximum Gasteiger partial charge on any atom is 0.246 e. The average Bonchev–Trinajstić information content (AvgIpc) is 2.86. The number of nitrogens with zero attached hydrogens (tertiary/aromatic N) is 3. The van der Waals surface area contributed by atoms with Crippen LogP contribution in [0.1, 0.15) is 12.1 Å². The highest BCUT2D eigenvalue weighted by Gasteiger charge is 2.08. The number of amides is 1. The van der Waals surface area contributed by atoms with Crippen LogP contribution in [0.5, 0.6) is 0 Å². The molecular weight excluding hydrogens is 263 g/mol. The Balaban J connectivity index is 1.91. The number of aliphatic hydroxyl groups excluding tert-OH is 1. The van der Waals surface area contributed by atoms with Crippen LogP contribution in [0, 0.1) is 5.82 Å². The van der Waals surface area contributed by atoms with E-state index in [9.17, 15) is 9.18 Å². The topological polar surface area (TPSA) is 80.0 Å². The second-order valence-corrected chi connectivity index (χ2v) is 4.26. The van der Waals surface area contributed by atoms with E-state index < -0.39 is 5.82 Å². The molecule has 2 aromatic rings. The monoisotopic (exact) mass is 278 g/mol. The van der Waals surface area contributed by atoms with E-state index in [-0.39, 0.29) is 24.7 Å². The van der Waals surface area contributed by atoms with Crippen LogP contribution in [-0.4, -0.2) is 32.6 Å². The highest BCUT2D eigenvalue weighted by atomic mass is 19.1. The Kier molecular flexibility index (Phi) is 4.78. The molecule has 6 nitrogen and oxygen atoms in total. The van der Waals surface area contributed by atoms with Crippen LogP contribution < -0.4 is 5.32 Å². The minimum Gasteiger partial charge on any atom is -0.396 e. The van der Waals surface area contributed by atoms with E-state index in [1.165, 1.54) is 16.8 Å². The number of hydrogen-bond acceptors (Lipinski definition) is 4. The third kappa shape index (κ3) is 3.86. The van der Waals surface area contributed by atoms with E-state index >= 15 is 0 Å². The summed E-state index contributed by atoms with van der Waals surface area (Å²) in [6.45, 7) is 0.0427. The molecule has 0 bridgehead atoms. The molecule has 0 aliphatic heterocycles. The molecule has 1 heterocycles. The van der Waals surface area contributed by atoms with Crippen molar-refractivity contribution < 1.29 is 14.3 Å². The number of hydrogen-bond donors (Lipinski definition) is 2. The first-order chi connectivity index (χ1) is 9.69. The molecule has 0 fully saturated rings. The molecule has 0 aliphatic rings. The minimum absolute atomic E-state index is 0.0412. The van der Waals surface area contributed by atoms with Gasteiger partial charge in [-0.1, -0.05) is 17.3 Å². The van der Waals surface area contributed by atoms with Crippen molar-refractivity contribution in [2.24, 2.45) is 0 Å². The molecule has 2 N–H and O–H groups in total. The minimum atomic E-state index is -0.483. The number of benzene rings is 1. The maximum atomic E-state index is 13.4. The number of carbonyl (C=O) groups is 1. The largest absolute Gasteiger partial charge is 0.396 e. The molecule has 106 valence electrons. The first kappa shape index (κ1) is 14.1. The van der Waals surface area contributed by atoms with Crippen LogP contribution in [0.25, 0.3) is 0 Å². The van der Waals surface area contributed by atoms with Gasteiger partial charge in [0.05, 0.1) is 11.4 Å². The van der Waals surface area contributed by atoms with E-state index in [4.69, 9.17) is 5.11 Å². The van der Waals surface area contributed by atoms with Crippen molar-refractivity contribution in [1.29, 1.82) is 0 Å². The highest BCUT2D eigenvalue weighted by molar-refractivity contribution is 5.90. The number of aryl methyl sites for hydroxylation is 1. The Morgan fingerprint density at radius 1 is 1.40 bits per heavy atom. The third-order valence-corrected chi connectivity index (χ3v) is 2.63. The lowest BCUT2D eigenvalue weighted by Crippen LogP contribution is -2.19. The van der Waals surface area contributed by atoms with Crippen molar-refractivity contribution in [1.82, 2.24) is 15.0 Å². The fourth-order valence-electron chi connectivity index (χ4n) is 1.69. The number of aromatic nitrogens is 3. The Morgan fingerprint density at radius 2 is 2.20 bits per heavy atom. The van der Waals surface area contributed by atoms with Gasteiger partial charge in [-0.2, -0.15) is 0 Å². The summed E-state index contributed by atoms with van der Waals surface area (Å²) in [5.41, 5.74) is 0.843. The Hall–Kier alpha value is -2.28. The molecule has 1 amide bonds. The predicted octanol–water partition coefficient (Wildman–Crippen LogP) is 0.981. The zero-order chi connectivity index (χ0) is 14.4. The number of nitrogens with one attached hydrogen (secondary N) is 1. The van der Waals surface area contributed by atoms with Gasteiger partial charge in [0.25, 0.3) is 0 Å². The van der Waals surface area contributed by atoms with E-state index in [2.05, 4.69) is 15.6 Å². The van der Waals surface area contributed by atoms with Gasteiger partial charge in [-0.05, 0) is 25.0 Å². The molecule has 0 atom stereocenters. The van der Waals surface area contributed by atoms with Gasteiger partial charge >= 0.3 is 0 Å². The fourth-order valence-corrected chi connectivity index (χ4v) is 1.69. The molecule has 0 unspecified atom stereocenters. The SMILES string of the molecule is O=C(Cn1cc(CCCO)nn1)Nc1ccccc1F. The number of anilines is 1. The molecule has 20 heavy (non-hydrogen) atoms. The molecular formula is C13H15FN4O2. The lowest BCUT2D eigenvalue weighted by Gasteiger charge is -2.05. The van der Waals surface area contributed by atoms with Crippen molar-refractivity contribution in [3.05, 3.63) is 42.0 Å². The molecule has 0 radical (unpaired) electrons. The number of halogens is 1. The van der Waals surface area contributed by atoms with Gasteiger partial charge in [-0.15, -0.1) is 5.10 Å². The summed E-state index contributed by atoms with van der Waals surface area (Å²) < 4.78 is 14.7. The number of para-hydroxylation sites is 1. The van der Waals surface area contributed by atoms with Crippen LogP contribution >= 0.6 is 0 Å². The van der Waals surface area contributed by atoms with Crippen molar-refractivity contribution in [2.75, 3.05) is 11.9 Å². The first-order valence-corrected chi connectivity index (χ1v) is 6.23. The summed E-state index contributed by atoms with van der Waals surface area (Å²) in [4.78, 5) is 11.8. The predicted molar refractivity (Wildman–Crippen MR) is 70.5 cm³/mol. The van der Waals surface area contributed by atoms with Crippen molar-refractivity contribution in [3.63, 3.8) is 0 Å². The third-order valence-electron chi connectivity index (χ3n) is 2.63. The van der Waals surface area contributed by atoms with Crippen molar-refractivity contribution in [2.45, 2.75) is 19.4 Å². The lowest BCUT2D eigenvalue weighted by atomic mass is 10.3. The second kappa shape index (κ2) is 6.76. The smallest absolute Gasteiger partial charge is 0.246 e. The lowest BCUT2D eigenvalue weighted by molar-refractivity contribution is -0.116. The molecule has 1 aromatic heterocycles. The van der Waals surface area contributed by atoms with Crippen LogP contribution in [0.3, 0.4) is 0 Å². The van der Waals surface area contributed by atoms with Gasteiger partial charge in [0.2, 0.25) is 5.91 Å². The molecule has 1 aromatic carbocycles. The number of aliphatic hydroxyl groups is 1. The average molecular weight is 278 g/mol. The molecule has 0 saturated carbocycles. The van der Waals surface area contributed by atoms with Gasteiger partial charge in [-0.25, -0.2) is 9.07 Å². The second-order valence-electron chi connectivity index (χ2n) is 4.26.